The first-order valence-electron chi connectivity index (χ1n) is 7.28. The van der Waals surface area contributed by atoms with Gasteiger partial charge in [0, 0.05) is 26.7 Å². The molecule has 20 heavy (non-hydrogen) atoms. The van der Waals surface area contributed by atoms with E-state index in [0.29, 0.717) is 0 Å². The first kappa shape index (κ1) is 13.9. The van der Waals surface area contributed by atoms with Gasteiger partial charge in [-0.15, -0.1) is 11.3 Å². The number of aromatic nitrogens is 1. The summed E-state index contributed by atoms with van der Waals surface area (Å²) in [4.78, 5) is 2.75. The Kier molecular flexibility index (Phi) is 3.30. The van der Waals surface area contributed by atoms with Crippen LogP contribution in [-0.2, 0) is 13.0 Å². The van der Waals surface area contributed by atoms with E-state index in [1.54, 1.807) is 0 Å². The molecule has 1 unspecified atom stereocenters. The maximum Gasteiger partial charge on any atom is 0.0812 e. The van der Waals surface area contributed by atoms with E-state index in [1.807, 2.05) is 11.3 Å². The van der Waals surface area contributed by atoms with Crippen LogP contribution in [0.5, 0.6) is 0 Å². The second-order valence-corrected chi connectivity index (χ2v) is 8.22. The lowest BCUT2D eigenvalue weighted by atomic mass is 9.75. The number of nitrogens with zero attached hydrogens (tertiary/aromatic N) is 1. The molecule has 0 saturated carbocycles. The first-order chi connectivity index (χ1) is 9.35. The molecule has 0 radical (unpaired) electrons. The number of thiophene rings is 1. The molecule has 2 nitrogen and oxygen atoms in total. The van der Waals surface area contributed by atoms with Crippen LogP contribution in [0, 0.1) is 19.3 Å². The van der Waals surface area contributed by atoms with Gasteiger partial charge in [0.05, 0.1) is 12.6 Å². The highest BCUT2D eigenvalue weighted by molar-refractivity contribution is 7.11. The lowest BCUT2D eigenvalue weighted by molar-refractivity contribution is 0.0981. The summed E-state index contributed by atoms with van der Waals surface area (Å²) >= 11 is 1.86. The number of hydrogen-bond donors (Lipinski definition) is 1. The van der Waals surface area contributed by atoms with Crippen LogP contribution in [0.25, 0.3) is 0 Å². The van der Waals surface area contributed by atoms with Crippen LogP contribution in [0.15, 0.2) is 18.2 Å². The highest BCUT2D eigenvalue weighted by Crippen LogP contribution is 2.42. The molecule has 2 heterocycles. The summed E-state index contributed by atoms with van der Waals surface area (Å²) in [7, 11) is 0. The van der Waals surface area contributed by atoms with Crippen molar-refractivity contribution in [2.75, 3.05) is 0 Å². The molecule has 1 aliphatic carbocycles. The first-order valence-corrected chi connectivity index (χ1v) is 8.10. The van der Waals surface area contributed by atoms with Gasteiger partial charge in [-0.2, -0.15) is 0 Å². The van der Waals surface area contributed by atoms with E-state index in [9.17, 15) is 5.11 Å². The van der Waals surface area contributed by atoms with E-state index in [2.05, 4.69) is 50.5 Å². The fourth-order valence-corrected chi connectivity index (χ4v) is 4.23. The fraction of sp³-hybridized carbons (Fsp3) is 0.529. The summed E-state index contributed by atoms with van der Waals surface area (Å²) in [5, 5.41) is 10.4. The van der Waals surface area contributed by atoms with Gasteiger partial charge in [0.1, 0.15) is 0 Å². The largest absolute Gasteiger partial charge is 0.388 e. The average molecular weight is 289 g/mol. The topological polar surface area (TPSA) is 25.2 Å². The summed E-state index contributed by atoms with van der Waals surface area (Å²) in [6, 6.07) is 6.58. The van der Waals surface area contributed by atoms with Crippen molar-refractivity contribution in [3.63, 3.8) is 0 Å². The summed E-state index contributed by atoms with van der Waals surface area (Å²) in [6.07, 6.45) is 1.61. The molecule has 0 spiro atoms. The molecule has 1 atom stereocenters. The van der Waals surface area contributed by atoms with Crippen molar-refractivity contribution >= 4 is 11.3 Å². The minimum Gasteiger partial charge on any atom is -0.388 e. The van der Waals surface area contributed by atoms with Crippen LogP contribution in [-0.4, -0.2) is 9.67 Å². The predicted octanol–water partition coefficient (Wildman–Crippen LogP) is 4.22. The van der Waals surface area contributed by atoms with E-state index >= 15 is 0 Å². The molecule has 3 rings (SSSR count). The standard InChI is InChI=1S/C17H23NOS/c1-11-7-14-15(8-17(3,4)9-16(14)19)18(11)10-13-6-5-12(2)20-13/h5-7,16,19H,8-10H2,1-4H3. The summed E-state index contributed by atoms with van der Waals surface area (Å²) in [6.45, 7) is 9.74. The Morgan fingerprint density at radius 2 is 2.10 bits per heavy atom. The fourth-order valence-electron chi connectivity index (χ4n) is 3.35. The van der Waals surface area contributed by atoms with Gasteiger partial charge < -0.3 is 9.67 Å². The second-order valence-electron chi connectivity index (χ2n) is 6.85. The van der Waals surface area contributed by atoms with Crippen molar-refractivity contribution in [1.82, 2.24) is 4.57 Å². The summed E-state index contributed by atoms with van der Waals surface area (Å²) in [5.74, 6) is 0. The lowest BCUT2D eigenvalue weighted by Crippen LogP contribution is -2.27. The van der Waals surface area contributed by atoms with E-state index in [0.717, 1.165) is 24.9 Å². The number of aryl methyl sites for hydroxylation is 2. The Labute approximate surface area is 125 Å². The smallest absolute Gasteiger partial charge is 0.0812 e. The number of aliphatic hydroxyl groups is 1. The van der Waals surface area contributed by atoms with Gasteiger partial charge in [0.2, 0.25) is 0 Å². The molecule has 1 aliphatic rings. The van der Waals surface area contributed by atoms with Crippen LogP contribution < -0.4 is 0 Å². The number of aliphatic hydroxyl groups excluding tert-OH is 1. The Balaban J connectivity index is 2.00. The van der Waals surface area contributed by atoms with Gasteiger partial charge in [0.25, 0.3) is 0 Å². The van der Waals surface area contributed by atoms with Gasteiger partial charge in [-0.1, -0.05) is 13.8 Å². The Hall–Kier alpha value is -1.06. The molecule has 0 bridgehead atoms. The SMILES string of the molecule is Cc1ccc(Cn2c(C)cc3c2CC(C)(C)CC3O)s1. The van der Waals surface area contributed by atoms with Crippen LogP contribution in [0.1, 0.15) is 53.1 Å². The quantitative estimate of drug-likeness (QED) is 0.879. The molecule has 0 amide bonds. The molecule has 108 valence electrons. The number of hydrogen-bond acceptors (Lipinski definition) is 2. The van der Waals surface area contributed by atoms with Gasteiger partial charge in [-0.05, 0) is 50.3 Å². The molecular weight excluding hydrogens is 266 g/mol. The Morgan fingerprint density at radius 3 is 2.75 bits per heavy atom. The zero-order chi connectivity index (χ0) is 14.5. The molecule has 3 heteroatoms. The molecule has 0 aliphatic heterocycles. The van der Waals surface area contributed by atoms with Gasteiger partial charge in [-0.25, -0.2) is 0 Å². The van der Waals surface area contributed by atoms with Crippen molar-refractivity contribution in [2.45, 2.75) is 53.2 Å². The van der Waals surface area contributed by atoms with E-state index < -0.39 is 0 Å². The highest BCUT2D eigenvalue weighted by Gasteiger charge is 2.34. The van der Waals surface area contributed by atoms with Crippen molar-refractivity contribution in [2.24, 2.45) is 5.41 Å². The predicted molar refractivity (Wildman–Crippen MR) is 84.4 cm³/mol. The maximum absolute atomic E-state index is 10.4. The van der Waals surface area contributed by atoms with E-state index in [1.165, 1.54) is 21.1 Å². The normalized spacial score (nSPS) is 20.9. The van der Waals surface area contributed by atoms with Crippen LogP contribution >= 0.6 is 11.3 Å². The number of fused-ring (bicyclic) bond motifs is 1. The summed E-state index contributed by atoms with van der Waals surface area (Å²) < 4.78 is 2.39. The minimum absolute atomic E-state index is 0.181. The van der Waals surface area contributed by atoms with Crippen molar-refractivity contribution in [3.05, 3.63) is 44.9 Å². The second kappa shape index (κ2) is 4.74. The molecule has 0 saturated heterocycles. The zero-order valence-corrected chi connectivity index (χ0v) is 13.5. The molecule has 2 aromatic rings. The van der Waals surface area contributed by atoms with Crippen molar-refractivity contribution in [3.8, 4) is 0 Å². The minimum atomic E-state index is -0.307. The Bertz CT molecular complexity index is 635. The average Bonchev–Trinajstić information content (AvgIpc) is 2.86. The highest BCUT2D eigenvalue weighted by atomic mass is 32.1. The van der Waals surface area contributed by atoms with Crippen molar-refractivity contribution in [1.29, 1.82) is 0 Å². The van der Waals surface area contributed by atoms with Gasteiger partial charge in [0.15, 0.2) is 0 Å². The molecule has 0 aromatic carbocycles. The van der Waals surface area contributed by atoms with E-state index in [-0.39, 0.29) is 11.5 Å². The van der Waals surface area contributed by atoms with Gasteiger partial charge in [-0.3, -0.25) is 0 Å². The zero-order valence-electron chi connectivity index (χ0n) is 12.7. The maximum atomic E-state index is 10.4. The van der Waals surface area contributed by atoms with Gasteiger partial charge >= 0.3 is 0 Å². The van der Waals surface area contributed by atoms with Crippen LogP contribution in [0.2, 0.25) is 0 Å². The monoisotopic (exact) mass is 289 g/mol. The molecule has 1 N–H and O–H groups in total. The van der Waals surface area contributed by atoms with Crippen LogP contribution in [0.4, 0.5) is 0 Å². The third kappa shape index (κ3) is 2.45. The van der Waals surface area contributed by atoms with E-state index in [4.69, 9.17) is 0 Å². The third-order valence-corrected chi connectivity index (χ3v) is 5.30. The Morgan fingerprint density at radius 1 is 1.35 bits per heavy atom. The molecule has 2 aromatic heterocycles. The third-order valence-electron chi connectivity index (χ3n) is 4.31. The molecule has 0 fully saturated rings. The molecular formula is C17H23NOS. The summed E-state index contributed by atoms with van der Waals surface area (Å²) in [5.41, 5.74) is 3.92. The lowest BCUT2D eigenvalue weighted by Gasteiger charge is -2.34. The number of rotatable bonds is 2. The van der Waals surface area contributed by atoms with Crippen molar-refractivity contribution < 1.29 is 5.11 Å². The van der Waals surface area contributed by atoms with Crippen LogP contribution in [0.3, 0.4) is 0 Å².